The van der Waals surface area contributed by atoms with E-state index in [4.69, 9.17) is 0 Å². The number of likely N-dealkylation sites (tertiary alicyclic amines) is 2. The maximum Gasteiger partial charge on any atom is 0.322 e. The monoisotopic (exact) mass is 477 g/mol. The second kappa shape index (κ2) is 10.5. The number of hydrogen-bond acceptors (Lipinski definition) is 3. The number of nitrogens with one attached hydrogen (secondary N) is 2. The number of hydrogen-bond donors (Lipinski definition) is 2. The predicted molar refractivity (Wildman–Crippen MR) is 133 cm³/mol. The minimum Gasteiger partial charge on any atom is -0.337 e. The van der Waals surface area contributed by atoms with Gasteiger partial charge in [0.25, 0.3) is 0 Å². The van der Waals surface area contributed by atoms with E-state index in [-0.39, 0.29) is 24.0 Å². The van der Waals surface area contributed by atoms with E-state index in [2.05, 4.69) is 16.7 Å². The molecule has 0 aromatic heterocycles. The molecule has 2 saturated heterocycles. The van der Waals surface area contributed by atoms with Gasteiger partial charge in [0.15, 0.2) is 0 Å². The lowest BCUT2D eigenvalue weighted by Gasteiger charge is -2.41. The normalized spacial score (nSPS) is 23.7. The molecule has 0 saturated carbocycles. The van der Waals surface area contributed by atoms with Gasteiger partial charge in [-0.05, 0) is 62.2 Å². The molecule has 35 heavy (non-hydrogen) atoms. The zero-order valence-corrected chi connectivity index (χ0v) is 20.2. The molecular weight excluding hydrogens is 442 g/mol. The van der Waals surface area contributed by atoms with E-state index in [0.717, 1.165) is 56.3 Å². The van der Waals surface area contributed by atoms with Crippen molar-refractivity contribution in [3.05, 3.63) is 59.3 Å². The van der Waals surface area contributed by atoms with Crippen molar-refractivity contribution in [1.29, 1.82) is 0 Å². The van der Waals surface area contributed by atoms with Crippen LogP contribution in [0.5, 0.6) is 0 Å². The predicted octanol–water partition coefficient (Wildman–Crippen LogP) is 3.37. The Bertz CT molecular complexity index is 1010. The zero-order chi connectivity index (χ0) is 24.2. The van der Waals surface area contributed by atoms with E-state index >= 15 is 0 Å². The number of nitrogens with zero attached hydrogens (tertiary/aromatic N) is 3. The largest absolute Gasteiger partial charge is 0.337 e. The van der Waals surface area contributed by atoms with Crippen LogP contribution < -0.4 is 10.6 Å². The van der Waals surface area contributed by atoms with Crippen LogP contribution in [0.2, 0.25) is 0 Å². The van der Waals surface area contributed by atoms with E-state index in [0.29, 0.717) is 32.6 Å². The number of carbonyl (C=O) groups is 3. The van der Waals surface area contributed by atoms with Gasteiger partial charge >= 0.3 is 12.1 Å². The van der Waals surface area contributed by atoms with Gasteiger partial charge in [0.2, 0.25) is 5.91 Å². The highest BCUT2D eigenvalue weighted by atomic mass is 16.2. The highest BCUT2D eigenvalue weighted by molar-refractivity contribution is 5.87. The van der Waals surface area contributed by atoms with Gasteiger partial charge in [0.05, 0.1) is 0 Å². The minimum absolute atomic E-state index is 0.00480. The third-order valence-electron chi connectivity index (χ3n) is 7.63. The Balaban J connectivity index is 1.14. The quantitative estimate of drug-likeness (QED) is 0.697. The Hall–Kier alpha value is -3.29. The van der Waals surface area contributed by atoms with Crippen LogP contribution in [0.25, 0.3) is 0 Å². The smallest absolute Gasteiger partial charge is 0.322 e. The molecule has 2 N–H and O–H groups in total. The zero-order valence-electron chi connectivity index (χ0n) is 20.2. The maximum absolute atomic E-state index is 13.2. The van der Waals surface area contributed by atoms with Gasteiger partial charge < -0.3 is 25.3 Å². The summed E-state index contributed by atoms with van der Waals surface area (Å²) in [5.41, 5.74) is 3.35. The van der Waals surface area contributed by atoms with Gasteiger partial charge in [-0.25, -0.2) is 9.59 Å². The molecule has 186 valence electrons. The van der Waals surface area contributed by atoms with Crippen molar-refractivity contribution in [3.8, 4) is 0 Å². The number of urea groups is 2. The molecule has 1 aromatic rings. The number of allylic oxidation sites excluding steroid dienone is 2. The van der Waals surface area contributed by atoms with Crippen molar-refractivity contribution in [1.82, 2.24) is 25.3 Å². The first kappa shape index (κ1) is 23.5. The van der Waals surface area contributed by atoms with E-state index < -0.39 is 6.04 Å². The van der Waals surface area contributed by atoms with Crippen LogP contribution in [0, 0.1) is 0 Å². The number of amides is 5. The highest BCUT2D eigenvalue weighted by Gasteiger charge is 2.35. The molecule has 8 nitrogen and oxygen atoms in total. The number of carbonyl (C=O) groups excluding carboxylic acids is 3. The van der Waals surface area contributed by atoms with E-state index in [1.54, 1.807) is 4.90 Å². The molecule has 3 heterocycles. The molecule has 0 radical (unpaired) electrons. The second-order valence-corrected chi connectivity index (χ2v) is 9.98. The van der Waals surface area contributed by atoms with Gasteiger partial charge in [-0.3, -0.25) is 4.79 Å². The summed E-state index contributed by atoms with van der Waals surface area (Å²) in [7, 11) is 0. The summed E-state index contributed by atoms with van der Waals surface area (Å²) < 4.78 is 0. The van der Waals surface area contributed by atoms with Crippen molar-refractivity contribution >= 4 is 18.0 Å². The summed E-state index contributed by atoms with van der Waals surface area (Å²) in [6.45, 7) is 3.14. The van der Waals surface area contributed by atoms with E-state index in [9.17, 15) is 14.4 Å². The van der Waals surface area contributed by atoms with E-state index in [1.807, 2.05) is 46.2 Å². The van der Waals surface area contributed by atoms with E-state index in [1.165, 1.54) is 5.57 Å². The molecule has 1 atom stereocenters. The van der Waals surface area contributed by atoms with Crippen LogP contribution in [-0.2, 0) is 11.3 Å². The average Bonchev–Trinajstić information content (AvgIpc) is 3.05. The maximum atomic E-state index is 13.2. The number of rotatable bonds is 4. The topological polar surface area (TPSA) is 85.0 Å². The Labute approximate surface area is 207 Å². The summed E-state index contributed by atoms with van der Waals surface area (Å²) in [5.74, 6) is 0.00480. The molecule has 0 unspecified atom stereocenters. The summed E-state index contributed by atoms with van der Waals surface area (Å²) in [6.07, 6.45) is 10.2. The Kier molecular flexibility index (Phi) is 7.06. The Morgan fingerprint density at radius 3 is 2.63 bits per heavy atom. The molecule has 0 spiro atoms. The number of benzene rings is 1. The first-order valence-corrected chi connectivity index (χ1v) is 12.9. The van der Waals surface area contributed by atoms with Gasteiger partial charge in [0, 0.05) is 44.5 Å². The fraction of sp³-hybridized carbons (Fsp3) is 0.519. The lowest BCUT2D eigenvalue weighted by atomic mass is 9.97. The molecule has 2 fully saturated rings. The molecule has 3 aliphatic heterocycles. The van der Waals surface area contributed by atoms with Gasteiger partial charge in [-0.15, -0.1) is 0 Å². The summed E-state index contributed by atoms with van der Waals surface area (Å²) in [4.78, 5) is 44.5. The van der Waals surface area contributed by atoms with Gasteiger partial charge in [-0.1, -0.05) is 36.4 Å². The van der Waals surface area contributed by atoms with Crippen molar-refractivity contribution in [2.45, 2.75) is 63.6 Å². The first-order valence-electron chi connectivity index (χ1n) is 12.9. The molecule has 0 bridgehead atoms. The van der Waals surface area contributed by atoms with Crippen molar-refractivity contribution < 1.29 is 14.4 Å². The van der Waals surface area contributed by atoms with Gasteiger partial charge in [-0.2, -0.15) is 0 Å². The summed E-state index contributed by atoms with van der Waals surface area (Å²) in [6, 6.07) is 9.42. The van der Waals surface area contributed by atoms with Crippen LogP contribution in [0.1, 0.15) is 50.5 Å². The third kappa shape index (κ3) is 5.36. The molecular formula is C27H35N5O3. The molecule has 4 aliphatic rings. The van der Waals surface area contributed by atoms with Crippen LogP contribution >= 0.6 is 0 Å². The van der Waals surface area contributed by atoms with Crippen molar-refractivity contribution in [2.75, 3.05) is 26.2 Å². The molecule has 5 amide bonds. The fourth-order valence-corrected chi connectivity index (χ4v) is 5.59. The average molecular weight is 478 g/mol. The lowest BCUT2D eigenvalue weighted by Crippen LogP contribution is -2.56. The second-order valence-electron chi connectivity index (χ2n) is 9.98. The molecule has 1 aliphatic carbocycles. The SMILES string of the molecule is O=C(N[C@@H]1CCCCN(Cc2ccccc2)C1=O)N1CCC(N2CC3=C(C=CCC3)NC2=O)CC1. The van der Waals surface area contributed by atoms with Crippen molar-refractivity contribution in [2.24, 2.45) is 0 Å². The summed E-state index contributed by atoms with van der Waals surface area (Å²) in [5, 5.41) is 6.05. The van der Waals surface area contributed by atoms with Crippen LogP contribution in [-0.4, -0.2) is 70.9 Å². The first-order chi connectivity index (χ1) is 17.1. The molecule has 5 rings (SSSR count). The highest BCUT2D eigenvalue weighted by Crippen LogP contribution is 2.26. The van der Waals surface area contributed by atoms with Crippen LogP contribution in [0.15, 0.2) is 53.8 Å². The standard InChI is InChI=1S/C27H35N5O3/c33-25-24(12-6-7-15-31(25)18-20-8-2-1-3-9-20)29-26(34)30-16-13-22(14-17-30)32-19-21-10-4-5-11-23(21)28-27(32)35/h1-3,5,8-9,11,22,24H,4,6-7,10,12-19H2,(H,28,35)(H,29,34)/t24-/m1/s1. The van der Waals surface area contributed by atoms with Crippen molar-refractivity contribution in [3.63, 3.8) is 0 Å². The van der Waals surface area contributed by atoms with Gasteiger partial charge in [0.1, 0.15) is 6.04 Å². The lowest BCUT2D eigenvalue weighted by molar-refractivity contribution is -0.133. The number of piperidine rings is 1. The van der Waals surface area contributed by atoms with Crippen LogP contribution in [0.4, 0.5) is 9.59 Å². The Morgan fingerprint density at radius 2 is 1.83 bits per heavy atom. The molecule has 8 heteroatoms. The summed E-state index contributed by atoms with van der Waals surface area (Å²) >= 11 is 0. The van der Waals surface area contributed by atoms with Crippen LogP contribution in [0.3, 0.4) is 0 Å². The Morgan fingerprint density at radius 1 is 1.03 bits per heavy atom. The minimum atomic E-state index is -0.482. The fourth-order valence-electron chi connectivity index (χ4n) is 5.59. The molecule has 1 aromatic carbocycles. The third-order valence-corrected chi connectivity index (χ3v) is 7.63.